The van der Waals surface area contributed by atoms with Gasteiger partial charge in [0, 0.05) is 19.1 Å². The molecule has 0 radical (unpaired) electrons. The van der Waals surface area contributed by atoms with Crippen LogP contribution in [0.4, 0.5) is 5.69 Å². The topological polar surface area (TPSA) is 42.1 Å². The van der Waals surface area contributed by atoms with Crippen molar-refractivity contribution in [3.8, 4) is 0 Å². The molecule has 2 atom stereocenters. The fraction of sp³-hybridized carbons (Fsp3) is 0.667. The Morgan fingerprint density at radius 2 is 1.94 bits per heavy atom. The van der Waals surface area contributed by atoms with Gasteiger partial charge in [0.15, 0.2) is 0 Å². The van der Waals surface area contributed by atoms with Gasteiger partial charge in [0.1, 0.15) is 0 Å². The average Bonchev–Trinajstić information content (AvgIpc) is 2.36. The Balaban J connectivity index is 2.72. The highest BCUT2D eigenvalue weighted by molar-refractivity contribution is 5.44. The van der Waals surface area contributed by atoms with Crippen molar-refractivity contribution < 1.29 is 0 Å². The van der Waals surface area contributed by atoms with Crippen LogP contribution in [-0.4, -0.2) is 18.1 Å². The fourth-order valence-electron chi connectivity index (χ4n) is 2.13. The normalized spacial score (nSPS) is 14.6. The minimum Gasteiger partial charge on any atom is -0.371 e. The van der Waals surface area contributed by atoms with E-state index in [1.807, 2.05) is 12.3 Å². The van der Waals surface area contributed by atoms with Crippen LogP contribution in [0.2, 0.25) is 0 Å². The minimum absolute atomic E-state index is 0.0532. The predicted molar refractivity (Wildman–Crippen MR) is 78.8 cm³/mol. The quantitative estimate of drug-likeness (QED) is 0.840. The molecule has 0 amide bonds. The lowest BCUT2D eigenvalue weighted by atomic mass is 10.0. The molecule has 1 aromatic heterocycles. The van der Waals surface area contributed by atoms with Crippen molar-refractivity contribution in [3.05, 3.63) is 24.0 Å². The van der Waals surface area contributed by atoms with E-state index in [0.717, 1.165) is 17.8 Å². The van der Waals surface area contributed by atoms with Crippen molar-refractivity contribution in [1.29, 1.82) is 0 Å². The second kappa shape index (κ2) is 6.74. The summed E-state index contributed by atoms with van der Waals surface area (Å²) in [7, 11) is 2.13. The van der Waals surface area contributed by atoms with Gasteiger partial charge in [0.2, 0.25) is 0 Å². The van der Waals surface area contributed by atoms with Gasteiger partial charge >= 0.3 is 0 Å². The van der Waals surface area contributed by atoms with Gasteiger partial charge in [-0.25, -0.2) is 0 Å². The molecule has 0 saturated heterocycles. The average molecular weight is 249 g/mol. The molecule has 1 heterocycles. The van der Waals surface area contributed by atoms with Crippen LogP contribution >= 0.6 is 0 Å². The van der Waals surface area contributed by atoms with Crippen molar-refractivity contribution >= 4 is 5.69 Å². The van der Waals surface area contributed by atoms with Gasteiger partial charge in [0.05, 0.1) is 17.6 Å². The largest absolute Gasteiger partial charge is 0.371 e. The summed E-state index contributed by atoms with van der Waals surface area (Å²) in [6.45, 7) is 8.85. The highest BCUT2D eigenvalue weighted by Gasteiger charge is 2.12. The fourth-order valence-corrected chi connectivity index (χ4v) is 2.13. The van der Waals surface area contributed by atoms with Crippen LogP contribution < -0.4 is 10.6 Å². The van der Waals surface area contributed by atoms with E-state index in [2.05, 4.69) is 50.7 Å². The van der Waals surface area contributed by atoms with Crippen LogP contribution in [0.3, 0.4) is 0 Å². The number of rotatable bonds is 6. The van der Waals surface area contributed by atoms with Crippen molar-refractivity contribution in [2.24, 2.45) is 11.7 Å². The van der Waals surface area contributed by atoms with E-state index < -0.39 is 0 Å². The summed E-state index contributed by atoms with van der Waals surface area (Å²) < 4.78 is 0. The molecule has 18 heavy (non-hydrogen) atoms. The first kappa shape index (κ1) is 15.0. The molecule has 0 aromatic carbocycles. The molecule has 0 spiro atoms. The molecular formula is C15H27N3. The number of hydrogen-bond acceptors (Lipinski definition) is 3. The molecule has 2 N–H and O–H groups in total. The Labute approximate surface area is 111 Å². The third-order valence-corrected chi connectivity index (χ3v) is 3.47. The molecule has 0 aliphatic carbocycles. The molecule has 2 unspecified atom stereocenters. The van der Waals surface area contributed by atoms with Crippen LogP contribution in [0.1, 0.15) is 52.3 Å². The van der Waals surface area contributed by atoms with Crippen LogP contribution in [0.5, 0.6) is 0 Å². The standard InChI is InChI=1S/C15H27N3/c1-6-14(16)15-8-7-13(10-17-15)18(5)12(4)9-11(2)3/h7-8,10-12,14H,6,9,16H2,1-5H3. The van der Waals surface area contributed by atoms with Gasteiger partial charge in [-0.1, -0.05) is 20.8 Å². The molecule has 0 bridgehead atoms. The minimum atomic E-state index is 0.0532. The number of hydrogen-bond donors (Lipinski definition) is 1. The maximum absolute atomic E-state index is 5.97. The summed E-state index contributed by atoms with van der Waals surface area (Å²) >= 11 is 0. The smallest absolute Gasteiger partial charge is 0.0572 e. The number of anilines is 1. The molecule has 0 aliphatic heterocycles. The van der Waals surface area contributed by atoms with Crippen molar-refractivity contribution in [2.45, 2.75) is 52.6 Å². The van der Waals surface area contributed by atoms with E-state index in [9.17, 15) is 0 Å². The SMILES string of the molecule is CCC(N)c1ccc(N(C)C(C)CC(C)C)cn1. The zero-order chi connectivity index (χ0) is 13.7. The van der Waals surface area contributed by atoms with E-state index in [0.29, 0.717) is 12.0 Å². The second-order valence-electron chi connectivity index (χ2n) is 5.55. The number of nitrogens with two attached hydrogens (primary N) is 1. The zero-order valence-electron chi connectivity index (χ0n) is 12.4. The van der Waals surface area contributed by atoms with Gasteiger partial charge in [-0.05, 0) is 37.8 Å². The second-order valence-corrected chi connectivity index (χ2v) is 5.55. The van der Waals surface area contributed by atoms with Gasteiger partial charge < -0.3 is 10.6 Å². The zero-order valence-corrected chi connectivity index (χ0v) is 12.4. The summed E-state index contributed by atoms with van der Waals surface area (Å²) in [5, 5.41) is 0. The van der Waals surface area contributed by atoms with Gasteiger partial charge in [-0.2, -0.15) is 0 Å². The molecule has 0 aliphatic rings. The first-order valence-electron chi connectivity index (χ1n) is 6.90. The molecule has 102 valence electrons. The van der Waals surface area contributed by atoms with Crippen LogP contribution in [0, 0.1) is 5.92 Å². The van der Waals surface area contributed by atoms with Crippen molar-refractivity contribution in [3.63, 3.8) is 0 Å². The third kappa shape index (κ3) is 3.98. The maximum atomic E-state index is 5.97. The number of nitrogens with zero attached hydrogens (tertiary/aromatic N) is 2. The van der Waals surface area contributed by atoms with Gasteiger partial charge in [0.25, 0.3) is 0 Å². The molecular weight excluding hydrogens is 222 g/mol. The third-order valence-electron chi connectivity index (χ3n) is 3.47. The molecule has 1 aromatic rings. The Kier molecular flexibility index (Phi) is 5.60. The number of pyridine rings is 1. The van der Waals surface area contributed by atoms with E-state index in [-0.39, 0.29) is 6.04 Å². The van der Waals surface area contributed by atoms with Crippen molar-refractivity contribution in [2.75, 3.05) is 11.9 Å². The van der Waals surface area contributed by atoms with Crippen LogP contribution in [0.25, 0.3) is 0 Å². The molecule has 3 heteroatoms. The predicted octanol–water partition coefficient (Wildman–Crippen LogP) is 3.36. The molecule has 1 rings (SSSR count). The van der Waals surface area contributed by atoms with Gasteiger partial charge in [-0.3, -0.25) is 4.98 Å². The lowest BCUT2D eigenvalue weighted by molar-refractivity contribution is 0.504. The lowest BCUT2D eigenvalue weighted by Gasteiger charge is -2.28. The molecule has 0 fully saturated rings. The van der Waals surface area contributed by atoms with Crippen LogP contribution in [0.15, 0.2) is 18.3 Å². The van der Waals surface area contributed by atoms with E-state index in [4.69, 9.17) is 5.73 Å². The van der Waals surface area contributed by atoms with Gasteiger partial charge in [-0.15, -0.1) is 0 Å². The Bertz CT molecular complexity index is 345. The Hall–Kier alpha value is -1.09. The van der Waals surface area contributed by atoms with E-state index in [1.54, 1.807) is 0 Å². The highest BCUT2D eigenvalue weighted by Crippen LogP contribution is 2.20. The first-order valence-corrected chi connectivity index (χ1v) is 6.90. The van der Waals surface area contributed by atoms with E-state index >= 15 is 0 Å². The summed E-state index contributed by atoms with van der Waals surface area (Å²) in [5.74, 6) is 0.711. The lowest BCUT2D eigenvalue weighted by Crippen LogP contribution is -2.30. The van der Waals surface area contributed by atoms with E-state index in [1.165, 1.54) is 6.42 Å². The summed E-state index contributed by atoms with van der Waals surface area (Å²) in [6, 6.07) is 4.74. The van der Waals surface area contributed by atoms with Crippen molar-refractivity contribution in [1.82, 2.24) is 4.98 Å². The Morgan fingerprint density at radius 3 is 2.39 bits per heavy atom. The first-order chi connectivity index (χ1) is 8.45. The van der Waals surface area contributed by atoms with Crippen LogP contribution in [-0.2, 0) is 0 Å². The monoisotopic (exact) mass is 249 g/mol. The summed E-state index contributed by atoms with van der Waals surface area (Å²) in [5.41, 5.74) is 8.11. The molecule has 3 nitrogen and oxygen atoms in total. The molecule has 0 saturated carbocycles. The number of aromatic nitrogens is 1. The summed E-state index contributed by atoms with van der Waals surface area (Å²) in [6.07, 6.45) is 4.04. The highest BCUT2D eigenvalue weighted by atomic mass is 15.1. The Morgan fingerprint density at radius 1 is 1.28 bits per heavy atom. The maximum Gasteiger partial charge on any atom is 0.0572 e. The summed E-state index contributed by atoms with van der Waals surface area (Å²) in [4.78, 5) is 6.75.